The third kappa shape index (κ3) is 3.13. The van der Waals surface area contributed by atoms with Crippen molar-refractivity contribution in [2.45, 2.75) is 23.8 Å². The lowest BCUT2D eigenvalue weighted by molar-refractivity contribution is -0.142. The predicted molar refractivity (Wildman–Crippen MR) is 88.8 cm³/mol. The maximum absolute atomic E-state index is 12.7. The first-order chi connectivity index (χ1) is 11.0. The Morgan fingerprint density at radius 1 is 1.22 bits per heavy atom. The number of amides is 1. The molecule has 6 nitrogen and oxygen atoms in total. The maximum Gasteiger partial charge on any atom is 0.308 e. The molecule has 1 aromatic carbocycles. The van der Waals surface area contributed by atoms with Crippen molar-refractivity contribution in [3.8, 4) is 0 Å². The summed E-state index contributed by atoms with van der Waals surface area (Å²) in [7, 11) is 0. The monoisotopic (exact) mass is 381 g/mol. The number of hydrogen-bond acceptors (Lipinski definition) is 4. The molecule has 2 aliphatic heterocycles. The van der Waals surface area contributed by atoms with Gasteiger partial charge in [-0.15, -0.1) is 0 Å². The zero-order valence-corrected chi connectivity index (χ0v) is 14.4. The van der Waals surface area contributed by atoms with Gasteiger partial charge in [0.05, 0.1) is 16.8 Å². The van der Waals surface area contributed by atoms with E-state index >= 15 is 0 Å². The first-order valence-corrected chi connectivity index (χ1v) is 8.62. The molecule has 0 saturated carbocycles. The van der Waals surface area contributed by atoms with Crippen LogP contribution in [0, 0.1) is 11.8 Å². The normalized spacial score (nSPS) is 33.8. The second kappa shape index (κ2) is 6.59. The van der Waals surface area contributed by atoms with Gasteiger partial charge in [0.1, 0.15) is 6.04 Å². The standard InChI is InChI=1S/C16H20BrN3O3/c1-9-7-20(8-11(9)16(22)23)15(21)14-12(17)13(18-19-14)10-5-3-2-4-6-10/h2-6,9,11-14,18-19H,7-8H2,1H3,(H,22,23)/t9-,11-,12?,13?,14?/m1/s1. The van der Waals surface area contributed by atoms with Gasteiger partial charge in [0.15, 0.2) is 0 Å². The summed E-state index contributed by atoms with van der Waals surface area (Å²) < 4.78 is 0. The van der Waals surface area contributed by atoms with Gasteiger partial charge in [-0.3, -0.25) is 9.59 Å². The lowest BCUT2D eigenvalue weighted by Gasteiger charge is -2.23. The van der Waals surface area contributed by atoms with E-state index in [9.17, 15) is 14.7 Å². The number of hydrazine groups is 1. The minimum atomic E-state index is -0.831. The van der Waals surface area contributed by atoms with Gasteiger partial charge in [-0.25, -0.2) is 10.9 Å². The fraction of sp³-hybridized carbons (Fsp3) is 0.500. The number of rotatable bonds is 3. The number of carboxylic acid groups (broad SMARTS) is 1. The van der Waals surface area contributed by atoms with E-state index in [1.54, 1.807) is 4.90 Å². The summed E-state index contributed by atoms with van der Waals surface area (Å²) in [5.74, 6) is -1.40. The van der Waals surface area contributed by atoms with Gasteiger partial charge >= 0.3 is 5.97 Å². The number of carboxylic acids is 1. The maximum atomic E-state index is 12.7. The molecule has 0 bridgehead atoms. The van der Waals surface area contributed by atoms with E-state index in [1.165, 1.54) is 0 Å². The van der Waals surface area contributed by atoms with E-state index in [0.29, 0.717) is 6.54 Å². The van der Waals surface area contributed by atoms with Crippen molar-refractivity contribution in [2.24, 2.45) is 11.8 Å². The number of likely N-dealkylation sites (tertiary alicyclic amines) is 1. The number of carbonyl (C=O) groups excluding carboxylic acids is 1. The van der Waals surface area contributed by atoms with Crippen LogP contribution in [0.1, 0.15) is 18.5 Å². The van der Waals surface area contributed by atoms with Gasteiger partial charge in [-0.1, -0.05) is 53.2 Å². The first kappa shape index (κ1) is 16.4. The SMILES string of the molecule is C[C@@H]1CN(C(=O)C2NNC(c3ccccc3)C2Br)C[C@H]1C(=O)O. The molecule has 2 fully saturated rings. The Balaban J connectivity index is 1.69. The summed E-state index contributed by atoms with van der Waals surface area (Å²) in [5.41, 5.74) is 7.31. The average molecular weight is 382 g/mol. The van der Waals surface area contributed by atoms with Gasteiger partial charge < -0.3 is 10.0 Å². The molecule has 124 valence electrons. The molecular weight excluding hydrogens is 362 g/mol. The van der Waals surface area contributed by atoms with Gasteiger partial charge in [0.2, 0.25) is 5.91 Å². The van der Waals surface area contributed by atoms with Gasteiger partial charge in [0, 0.05) is 13.1 Å². The van der Waals surface area contributed by atoms with Crippen molar-refractivity contribution in [3.63, 3.8) is 0 Å². The number of aliphatic carboxylic acids is 1. The van der Waals surface area contributed by atoms with Gasteiger partial charge in [-0.2, -0.15) is 0 Å². The molecule has 0 aliphatic carbocycles. The van der Waals surface area contributed by atoms with Crippen LogP contribution in [-0.4, -0.2) is 45.8 Å². The van der Waals surface area contributed by atoms with Crippen LogP contribution in [-0.2, 0) is 9.59 Å². The molecule has 3 N–H and O–H groups in total. The fourth-order valence-corrected chi connectivity index (χ4v) is 4.12. The quantitative estimate of drug-likeness (QED) is 0.684. The van der Waals surface area contributed by atoms with Gasteiger partial charge in [0.25, 0.3) is 0 Å². The first-order valence-electron chi connectivity index (χ1n) is 7.70. The van der Waals surface area contributed by atoms with Crippen LogP contribution in [0.4, 0.5) is 0 Å². The van der Waals surface area contributed by atoms with E-state index in [2.05, 4.69) is 26.8 Å². The van der Waals surface area contributed by atoms with Crippen molar-refractivity contribution in [2.75, 3.05) is 13.1 Å². The highest BCUT2D eigenvalue weighted by molar-refractivity contribution is 9.09. The molecule has 2 heterocycles. The van der Waals surface area contributed by atoms with E-state index in [4.69, 9.17) is 0 Å². The topological polar surface area (TPSA) is 81.7 Å². The molecule has 1 amide bonds. The number of nitrogens with zero attached hydrogens (tertiary/aromatic N) is 1. The van der Waals surface area contributed by atoms with Crippen molar-refractivity contribution in [1.29, 1.82) is 0 Å². The van der Waals surface area contributed by atoms with Crippen LogP contribution in [0.3, 0.4) is 0 Å². The summed E-state index contributed by atoms with van der Waals surface area (Å²) in [6.07, 6.45) is 0. The fourth-order valence-electron chi connectivity index (χ4n) is 3.32. The molecular formula is C16H20BrN3O3. The molecule has 0 aromatic heterocycles. The predicted octanol–water partition coefficient (Wildman–Crippen LogP) is 1.15. The third-order valence-electron chi connectivity index (χ3n) is 4.70. The summed E-state index contributed by atoms with van der Waals surface area (Å²) in [6.45, 7) is 2.65. The average Bonchev–Trinajstić information content (AvgIpc) is 3.11. The van der Waals surface area contributed by atoms with Crippen LogP contribution in [0.25, 0.3) is 0 Å². The highest BCUT2D eigenvalue weighted by atomic mass is 79.9. The van der Waals surface area contributed by atoms with Crippen molar-refractivity contribution >= 4 is 27.8 Å². The van der Waals surface area contributed by atoms with Crippen LogP contribution in [0.2, 0.25) is 0 Å². The van der Waals surface area contributed by atoms with E-state index in [-0.39, 0.29) is 29.2 Å². The molecule has 2 aliphatic rings. The smallest absolute Gasteiger partial charge is 0.308 e. The second-order valence-corrected chi connectivity index (χ2v) is 7.32. The second-order valence-electron chi connectivity index (χ2n) is 6.26. The van der Waals surface area contributed by atoms with Gasteiger partial charge in [-0.05, 0) is 11.5 Å². The Bertz CT molecular complexity index is 597. The zero-order valence-electron chi connectivity index (χ0n) is 12.8. The summed E-state index contributed by atoms with van der Waals surface area (Å²) in [5, 5.41) is 9.22. The van der Waals surface area contributed by atoms with E-state index in [0.717, 1.165) is 5.56 Å². The number of alkyl halides is 1. The molecule has 7 heteroatoms. The van der Waals surface area contributed by atoms with Crippen LogP contribution >= 0.6 is 15.9 Å². The van der Waals surface area contributed by atoms with E-state index < -0.39 is 17.9 Å². The summed E-state index contributed by atoms with van der Waals surface area (Å²) >= 11 is 3.63. The molecule has 0 radical (unpaired) electrons. The highest BCUT2D eigenvalue weighted by Gasteiger charge is 2.44. The molecule has 2 saturated heterocycles. The minimum Gasteiger partial charge on any atom is -0.481 e. The lowest BCUT2D eigenvalue weighted by atomic mass is 9.99. The molecule has 1 aromatic rings. The summed E-state index contributed by atoms with van der Waals surface area (Å²) in [6, 6.07) is 9.48. The van der Waals surface area contributed by atoms with Crippen LogP contribution < -0.4 is 10.9 Å². The number of halogens is 1. The largest absolute Gasteiger partial charge is 0.481 e. The number of benzene rings is 1. The van der Waals surface area contributed by atoms with Crippen molar-refractivity contribution < 1.29 is 14.7 Å². The Kier molecular flexibility index (Phi) is 4.70. The van der Waals surface area contributed by atoms with Crippen LogP contribution in [0.15, 0.2) is 30.3 Å². The lowest BCUT2D eigenvalue weighted by Crippen LogP contribution is -2.47. The number of hydrogen-bond donors (Lipinski definition) is 3. The number of carbonyl (C=O) groups is 2. The molecule has 3 rings (SSSR count). The molecule has 0 spiro atoms. The van der Waals surface area contributed by atoms with Crippen LogP contribution in [0.5, 0.6) is 0 Å². The Morgan fingerprint density at radius 2 is 1.91 bits per heavy atom. The molecule has 5 atom stereocenters. The number of nitrogens with one attached hydrogen (secondary N) is 2. The third-order valence-corrected chi connectivity index (χ3v) is 5.75. The van der Waals surface area contributed by atoms with Crippen molar-refractivity contribution in [1.82, 2.24) is 15.8 Å². The Hall–Kier alpha value is -1.44. The van der Waals surface area contributed by atoms with E-state index in [1.807, 2.05) is 37.3 Å². The Labute approximate surface area is 143 Å². The zero-order chi connectivity index (χ0) is 16.6. The molecule has 23 heavy (non-hydrogen) atoms. The minimum absolute atomic E-state index is 0.0135. The molecule has 3 unspecified atom stereocenters. The highest BCUT2D eigenvalue weighted by Crippen LogP contribution is 2.31. The van der Waals surface area contributed by atoms with Crippen molar-refractivity contribution in [3.05, 3.63) is 35.9 Å². The summed E-state index contributed by atoms with van der Waals surface area (Å²) in [4.78, 5) is 25.5. The Morgan fingerprint density at radius 3 is 2.52 bits per heavy atom.